The lowest BCUT2D eigenvalue weighted by molar-refractivity contribution is -0.134. The van der Waals surface area contributed by atoms with E-state index in [4.69, 9.17) is 5.11 Å². The normalized spacial score (nSPS) is 11.9. The Kier molecular flexibility index (Phi) is 4.49. The highest BCUT2D eigenvalue weighted by Crippen LogP contribution is 2.13. The quantitative estimate of drug-likeness (QED) is 0.643. The zero-order chi connectivity index (χ0) is 12.1. The number of ketones is 1. The summed E-state index contributed by atoms with van der Waals surface area (Å²) in [5.41, 5.74) is 1.28. The molecule has 0 fully saturated rings. The molecule has 0 saturated carbocycles. The number of nitrogens with one attached hydrogen (secondary N) is 1. The molecule has 16 heavy (non-hydrogen) atoms. The van der Waals surface area contributed by atoms with Crippen molar-refractivity contribution in [3.05, 3.63) is 29.8 Å². The fraction of sp³-hybridized carbons (Fsp3) is 0.273. The zero-order valence-corrected chi connectivity index (χ0v) is 10.3. The van der Waals surface area contributed by atoms with Gasteiger partial charge in [0, 0.05) is 11.3 Å². The standard InChI is InChI=1S/C11H12BrNO3/c1-7(12)11(16)8-2-4-9(5-3-8)13-6-10(14)15/h2-5,7,13H,6H2,1H3,(H,14,15). The number of carboxylic acids is 1. The Balaban J connectivity index is 2.68. The number of Topliss-reactive ketones (excluding diaryl/α,β-unsaturated/α-hetero) is 1. The minimum atomic E-state index is -0.922. The van der Waals surface area contributed by atoms with Crippen molar-refractivity contribution in [3.63, 3.8) is 0 Å². The Morgan fingerprint density at radius 3 is 2.38 bits per heavy atom. The SMILES string of the molecule is CC(Br)C(=O)c1ccc(NCC(=O)O)cc1. The van der Waals surface area contributed by atoms with Crippen molar-refractivity contribution in [3.8, 4) is 0 Å². The van der Waals surface area contributed by atoms with Gasteiger partial charge in [0.1, 0.15) is 6.54 Å². The molecule has 1 unspecified atom stereocenters. The van der Waals surface area contributed by atoms with E-state index in [1.807, 2.05) is 0 Å². The van der Waals surface area contributed by atoms with Gasteiger partial charge < -0.3 is 10.4 Å². The van der Waals surface area contributed by atoms with Gasteiger partial charge in [-0.25, -0.2) is 0 Å². The summed E-state index contributed by atoms with van der Waals surface area (Å²) in [5.74, 6) is -0.918. The van der Waals surface area contributed by atoms with Crippen LogP contribution in [0.3, 0.4) is 0 Å². The lowest BCUT2D eigenvalue weighted by Gasteiger charge is -2.05. The minimum Gasteiger partial charge on any atom is -0.480 e. The maximum Gasteiger partial charge on any atom is 0.322 e. The molecular weight excluding hydrogens is 274 g/mol. The Morgan fingerprint density at radius 1 is 1.38 bits per heavy atom. The second kappa shape index (κ2) is 5.65. The summed E-state index contributed by atoms with van der Waals surface area (Å²) in [6, 6.07) is 6.71. The predicted molar refractivity (Wildman–Crippen MR) is 65.3 cm³/mol. The third-order valence-electron chi connectivity index (χ3n) is 1.97. The summed E-state index contributed by atoms with van der Waals surface area (Å²) in [6.07, 6.45) is 0. The average molecular weight is 286 g/mol. The second-order valence-electron chi connectivity index (χ2n) is 3.30. The molecule has 1 aromatic carbocycles. The van der Waals surface area contributed by atoms with Gasteiger partial charge in [0.25, 0.3) is 0 Å². The fourth-order valence-electron chi connectivity index (χ4n) is 1.16. The minimum absolute atomic E-state index is 0.00443. The van der Waals surface area contributed by atoms with Crippen molar-refractivity contribution >= 4 is 33.4 Å². The summed E-state index contributed by atoms with van der Waals surface area (Å²) in [7, 11) is 0. The largest absolute Gasteiger partial charge is 0.480 e. The lowest BCUT2D eigenvalue weighted by Crippen LogP contribution is -2.13. The van der Waals surface area contributed by atoms with E-state index in [9.17, 15) is 9.59 Å². The number of anilines is 1. The first-order chi connectivity index (χ1) is 7.50. The van der Waals surface area contributed by atoms with Crippen LogP contribution in [-0.4, -0.2) is 28.2 Å². The van der Waals surface area contributed by atoms with E-state index < -0.39 is 5.97 Å². The van der Waals surface area contributed by atoms with Gasteiger partial charge in [-0.1, -0.05) is 15.9 Å². The fourth-order valence-corrected chi connectivity index (χ4v) is 1.42. The molecule has 0 saturated heterocycles. The van der Waals surface area contributed by atoms with E-state index in [0.29, 0.717) is 11.3 Å². The third-order valence-corrected chi connectivity index (χ3v) is 2.39. The summed E-state index contributed by atoms with van der Waals surface area (Å²) in [6.45, 7) is 1.63. The summed E-state index contributed by atoms with van der Waals surface area (Å²) < 4.78 is 0. The van der Waals surface area contributed by atoms with E-state index in [1.165, 1.54) is 0 Å². The van der Waals surface area contributed by atoms with Crippen LogP contribution in [0.1, 0.15) is 17.3 Å². The molecule has 86 valence electrons. The Bertz CT molecular complexity index is 387. The molecule has 0 aliphatic rings. The van der Waals surface area contributed by atoms with Gasteiger partial charge in [-0.05, 0) is 31.2 Å². The number of halogens is 1. The molecule has 2 N–H and O–H groups in total. The van der Waals surface area contributed by atoms with Gasteiger partial charge in [0.05, 0.1) is 4.83 Å². The van der Waals surface area contributed by atoms with Crippen LogP contribution in [0.2, 0.25) is 0 Å². The Morgan fingerprint density at radius 2 is 1.94 bits per heavy atom. The molecule has 0 radical (unpaired) electrons. The van der Waals surface area contributed by atoms with E-state index in [1.54, 1.807) is 31.2 Å². The van der Waals surface area contributed by atoms with Crippen LogP contribution < -0.4 is 5.32 Å². The van der Waals surface area contributed by atoms with Crippen molar-refractivity contribution in [2.75, 3.05) is 11.9 Å². The molecule has 0 heterocycles. The summed E-state index contributed by atoms with van der Waals surface area (Å²) >= 11 is 3.20. The summed E-state index contributed by atoms with van der Waals surface area (Å²) in [4.78, 5) is 21.7. The molecule has 0 bridgehead atoms. The highest BCUT2D eigenvalue weighted by molar-refractivity contribution is 9.10. The van der Waals surface area contributed by atoms with Crippen LogP contribution in [0.4, 0.5) is 5.69 Å². The third kappa shape index (κ3) is 3.66. The number of carboxylic acid groups (broad SMARTS) is 1. The first-order valence-electron chi connectivity index (χ1n) is 4.74. The molecule has 0 amide bonds. The van der Waals surface area contributed by atoms with Crippen LogP contribution in [0.15, 0.2) is 24.3 Å². The van der Waals surface area contributed by atoms with Crippen molar-refractivity contribution in [2.45, 2.75) is 11.8 Å². The van der Waals surface area contributed by atoms with Crippen molar-refractivity contribution in [1.29, 1.82) is 0 Å². The maximum atomic E-state index is 11.6. The van der Waals surface area contributed by atoms with E-state index in [0.717, 1.165) is 0 Å². The molecule has 1 rings (SSSR count). The first-order valence-corrected chi connectivity index (χ1v) is 5.66. The number of rotatable bonds is 5. The molecule has 4 nitrogen and oxygen atoms in total. The number of aliphatic carboxylic acids is 1. The van der Waals surface area contributed by atoms with E-state index in [2.05, 4.69) is 21.2 Å². The van der Waals surface area contributed by atoms with Gasteiger partial charge in [-0.2, -0.15) is 0 Å². The van der Waals surface area contributed by atoms with Crippen LogP contribution >= 0.6 is 15.9 Å². The molecule has 1 atom stereocenters. The lowest BCUT2D eigenvalue weighted by atomic mass is 10.1. The monoisotopic (exact) mass is 285 g/mol. The highest BCUT2D eigenvalue weighted by atomic mass is 79.9. The van der Waals surface area contributed by atoms with Gasteiger partial charge >= 0.3 is 5.97 Å². The molecule has 0 aliphatic heterocycles. The highest BCUT2D eigenvalue weighted by Gasteiger charge is 2.11. The van der Waals surface area contributed by atoms with Crippen LogP contribution in [0.5, 0.6) is 0 Å². The van der Waals surface area contributed by atoms with Gasteiger partial charge in [-0.15, -0.1) is 0 Å². The van der Waals surface area contributed by atoms with Gasteiger partial charge in [0.2, 0.25) is 0 Å². The number of benzene rings is 1. The van der Waals surface area contributed by atoms with Crippen LogP contribution in [-0.2, 0) is 4.79 Å². The predicted octanol–water partition coefficient (Wildman–Crippen LogP) is 2.15. The number of hydrogen-bond acceptors (Lipinski definition) is 3. The smallest absolute Gasteiger partial charge is 0.322 e. The Labute approximate surface area is 102 Å². The van der Waals surface area contributed by atoms with Crippen molar-refractivity contribution in [1.82, 2.24) is 0 Å². The molecule has 5 heteroatoms. The number of hydrogen-bond donors (Lipinski definition) is 2. The van der Waals surface area contributed by atoms with Crippen LogP contribution in [0, 0.1) is 0 Å². The second-order valence-corrected chi connectivity index (χ2v) is 4.68. The molecule has 1 aromatic rings. The number of carbonyl (C=O) groups is 2. The average Bonchev–Trinajstić information content (AvgIpc) is 2.26. The van der Waals surface area contributed by atoms with Crippen molar-refractivity contribution in [2.24, 2.45) is 0 Å². The van der Waals surface area contributed by atoms with Gasteiger partial charge in [-0.3, -0.25) is 9.59 Å². The number of carbonyl (C=O) groups excluding carboxylic acids is 1. The molecule has 0 aromatic heterocycles. The number of alkyl halides is 1. The zero-order valence-electron chi connectivity index (χ0n) is 8.74. The van der Waals surface area contributed by atoms with Crippen molar-refractivity contribution < 1.29 is 14.7 Å². The summed E-state index contributed by atoms with van der Waals surface area (Å²) in [5, 5.41) is 11.2. The maximum absolute atomic E-state index is 11.6. The molecular formula is C11H12BrNO3. The molecule has 0 aliphatic carbocycles. The topological polar surface area (TPSA) is 66.4 Å². The molecule has 0 spiro atoms. The van der Waals surface area contributed by atoms with E-state index >= 15 is 0 Å². The van der Waals surface area contributed by atoms with E-state index in [-0.39, 0.29) is 17.2 Å². The van der Waals surface area contributed by atoms with Crippen LogP contribution in [0.25, 0.3) is 0 Å². The Hall–Kier alpha value is -1.36. The van der Waals surface area contributed by atoms with Gasteiger partial charge in [0.15, 0.2) is 5.78 Å². The first kappa shape index (κ1) is 12.7.